The zero-order valence-electron chi connectivity index (χ0n) is 19.6. The summed E-state index contributed by atoms with van der Waals surface area (Å²) in [5.41, 5.74) is -5.04. The first kappa shape index (κ1) is 33.4. The summed E-state index contributed by atoms with van der Waals surface area (Å²) in [5.74, 6) is 0. The molecule has 0 saturated carbocycles. The van der Waals surface area contributed by atoms with Gasteiger partial charge in [0, 0.05) is 6.61 Å². The molecule has 0 saturated heterocycles. The van der Waals surface area contributed by atoms with Gasteiger partial charge < -0.3 is 69.6 Å². The Morgan fingerprint density at radius 2 is 0.824 bits per heavy atom. The molecule has 0 aromatic carbocycles. The molecule has 0 aromatic heterocycles. The van der Waals surface area contributed by atoms with Crippen molar-refractivity contribution in [1.82, 2.24) is 0 Å². The summed E-state index contributed by atoms with van der Waals surface area (Å²) in [6.45, 7) is -5.69. The molecular formula is C20H42O14. The lowest BCUT2D eigenvalue weighted by Gasteiger charge is -2.57. The molecule has 206 valence electrons. The number of aliphatic hydroxyl groups excluding tert-OH is 8. The minimum atomic E-state index is -2.68. The van der Waals surface area contributed by atoms with E-state index in [1.54, 1.807) is 0 Å². The molecule has 0 aliphatic heterocycles. The molecular weight excluding hydrogens is 464 g/mol. The van der Waals surface area contributed by atoms with Gasteiger partial charge in [-0.25, -0.2) is 0 Å². The van der Waals surface area contributed by atoms with Crippen LogP contribution in [0.2, 0.25) is 0 Å². The molecule has 0 fully saturated rings. The van der Waals surface area contributed by atoms with E-state index in [0.29, 0.717) is 0 Å². The van der Waals surface area contributed by atoms with Gasteiger partial charge in [0.05, 0.1) is 79.3 Å². The maximum Gasteiger partial charge on any atom is 0.158 e. The van der Waals surface area contributed by atoms with Crippen molar-refractivity contribution in [1.29, 1.82) is 0 Å². The second-order valence-electron chi connectivity index (χ2n) is 7.11. The van der Waals surface area contributed by atoms with Crippen molar-refractivity contribution in [2.24, 2.45) is 0 Å². The first-order valence-electron chi connectivity index (χ1n) is 11.1. The number of hydrogen-bond acceptors (Lipinski definition) is 14. The summed E-state index contributed by atoms with van der Waals surface area (Å²) in [5, 5.41) is 90.1. The van der Waals surface area contributed by atoms with Gasteiger partial charge in [-0.05, 0) is 6.92 Å². The molecule has 0 aliphatic carbocycles. The van der Waals surface area contributed by atoms with Crippen molar-refractivity contribution in [3.8, 4) is 0 Å². The minimum absolute atomic E-state index is 0.184. The Labute approximate surface area is 198 Å². The Bertz CT molecular complexity index is 450. The summed E-state index contributed by atoms with van der Waals surface area (Å²) in [4.78, 5) is 0. The topological polar surface area (TPSA) is 228 Å². The van der Waals surface area contributed by atoms with Gasteiger partial charge in [-0.2, -0.15) is 0 Å². The van der Waals surface area contributed by atoms with Crippen molar-refractivity contribution in [2.45, 2.75) is 42.5 Å². The summed E-state index contributed by atoms with van der Waals surface area (Å²) < 4.78 is 28.0. The quantitative estimate of drug-likeness (QED) is 0.0632. The van der Waals surface area contributed by atoms with Crippen molar-refractivity contribution < 1.29 is 69.6 Å². The highest BCUT2D eigenvalue weighted by Crippen LogP contribution is 2.43. The van der Waals surface area contributed by atoms with E-state index in [1.807, 2.05) is 0 Å². The first-order valence-corrected chi connectivity index (χ1v) is 11.1. The number of rotatable bonds is 23. The minimum Gasteiger partial charge on any atom is -0.394 e. The van der Waals surface area contributed by atoms with E-state index in [-0.39, 0.29) is 33.0 Å². The Morgan fingerprint density at radius 1 is 0.529 bits per heavy atom. The largest absolute Gasteiger partial charge is 0.394 e. The van der Waals surface area contributed by atoms with Gasteiger partial charge >= 0.3 is 0 Å². The van der Waals surface area contributed by atoms with Crippen LogP contribution in [0.4, 0.5) is 0 Å². The molecule has 0 aliphatic rings. The summed E-state index contributed by atoms with van der Waals surface area (Å²) >= 11 is 0. The van der Waals surface area contributed by atoms with E-state index in [0.717, 1.165) is 0 Å². The fraction of sp³-hybridized carbons (Fsp3) is 1.00. The Balaban J connectivity index is 7.24. The molecule has 9 N–H and O–H groups in total. The molecule has 0 aromatic rings. The van der Waals surface area contributed by atoms with Crippen LogP contribution >= 0.6 is 0 Å². The molecule has 0 rings (SSSR count). The summed E-state index contributed by atoms with van der Waals surface area (Å²) in [7, 11) is 0. The second-order valence-corrected chi connectivity index (χ2v) is 7.11. The van der Waals surface area contributed by atoms with Gasteiger partial charge in [-0.3, -0.25) is 0 Å². The standard InChI is InChI=1S/C20H42O14/c1-2-34-20(17(13-27)32-9-5-23,18(14-28)33-10-6-24)19(29,15(11-25)30-7-3-21)16(12-26)31-8-4-22/h15-18,21-29H,2-14H2,1H3. The molecule has 0 bridgehead atoms. The highest BCUT2D eigenvalue weighted by molar-refractivity contribution is 5.18. The molecule has 4 atom stereocenters. The maximum atomic E-state index is 12.3. The van der Waals surface area contributed by atoms with Gasteiger partial charge in [-0.15, -0.1) is 0 Å². The van der Waals surface area contributed by atoms with E-state index in [9.17, 15) is 46.0 Å². The SMILES string of the molecule is CCOC(C(CO)OCCO)(C(CO)OCCO)C(O)(C(CO)OCCO)C(CO)OCCO. The van der Waals surface area contributed by atoms with Crippen molar-refractivity contribution in [2.75, 3.05) is 85.9 Å². The number of aliphatic hydroxyl groups is 9. The third-order valence-corrected chi connectivity index (χ3v) is 5.25. The predicted octanol–water partition coefficient (Wildman–Crippen LogP) is -5.03. The highest BCUT2D eigenvalue weighted by Gasteiger charge is 2.68. The Hall–Kier alpha value is -0.560. The van der Waals surface area contributed by atoms with Crippen LogP contribution in [-0.4, -0.2) is 167 Å². The molecule has 0 amide bonds. The fourth-order valence-electron chi connectivity index (χ4n) is 4.02. The van der Waals surface area contributed by atoms with Crippen LogP contribution < -0.4 is 0 Å². The zero-order chi connectivity index (χ0) is 26.0. The van der Waals surface area contributed by atoms with E-state index >= 15 is 0 Å². The highest BCUT2D eigenvalue weighted by atomic mass is 16.6. The van der Waals surface area contributed by atoms with Crippen LogP contribution in [0.5, 0.6) is 0 Å². The van der Waals surface area contributed by atoms with E-state index in [4.69, 9.17) is 23.7 Å². The third-order valence-electron chi connectivity index (χ3n) is 5.25. The van der Waals surface area contributed by atoms with Gasteiger partial charge in [0.15, 0.2) is 11.2 Å². The summed E-state index contributed by atoms with van der Waals surface area (Å²) in [6, 6.07) is 0. The summed E-state index contributed by atoms with van der Waals surface area (Å²) in [6.07, 6.45) is -6.50. The van der Waals surface area contributed by atoms with Crippen LogP contribution in [0.25, 0.3) is 0 Å². The van der Waals surface area contributed by atoms with E-state index < -0.39 is 88.5 Å². The van der Waals surface area contributed by atoms with Gasteiger partial charge in [0.1, 0.15) is 24.4 Å². The van der Waals surface area contributed by atoms with Crippen molar-refractivity contribution in [3.63, 3.8) is 0 Å². The molecule has 14 nitrogen and oxygen atoms in total. The normalized spacial score (nSPS) is 19.2. The van der Waals surface area contributed by atoms with Crippen LogP contribution in [0.3, 0.4) is 0 Å². The lowest BCUT2D eigenvalue weighted by Crippen LogP contribution is -2.80. The monoisotopic (exact) mass is 506 g/mol. The lowest BCUT2D eigenvalue weighted by molar-refractivity contribution is -0.347. The van der Waals surface area contributed by atoms with Crippen LogP contribution in [0.15, 0.2) is 0 Å². The maximum absolute atomic E-state index is 12.3. The fourth-order valence-corrected chi connectivity index (χ4v) is 4.02. The first-order chi connectivity index (χ1) is 16.4. The number of ether oxygens (including phenoxy) is 5. The smallest absolute Gasteiger partial charge is 0.158 e. The van der Waals surface area contributed by atoms with Gasteiger partial charge in [-0.1, -0.05) is 0 Å². The van der Waals surface area contributed by atoms with Crippen molar-refractivity contribution in [3.05, 3.63) is 0 Å². The molecule has 0 spiro atoms. The average molecular weight is 507 g/mol. The third kappa shape index (κ3) is 7.97. The predicted molar refractivity (Wildman–Crippen MR) is 115 cm³/mol. The molecule has 0 radical (unpaired) electrons. The van der Waals surface area contributed by atoms with E-state index in [1.165, 1.54) is 6.92 Å². The zero-order valence-corrected chi connectivity index (χ0v) is 19.6. The van der Waals surface area contributed by atoms with Gasteiger partial charge in [0.25, 0.3) is 0 Å². The van der Waals surface area contributed by atoms with Crippen LogP contribution in [-0.2, 0) is 23.7 Å². The molecule has 34 heavy (non-hydrogen) atoms. The lowest BCUT2D eigenvalue weighted by atomic mass is 9.67. The molecule has 0 heterocycles. The van der Waals surface area contributed by atoms with Crippen LogP contribution in [0, 0.1) is 0 Å². The molecule has 4 unspecified atom stereocenters. The van der Waals surface area contributed by atoms with Crippen LogP contribution in [0.1, 0.15) is 6.92 Å². The average Bonchev–Trinajstić information content (AvgIpc) is 2.85. The number of hydrogen-bond donors (Lipinski definition) is 9. The molecule has 14 heteroatoms. The van der Waals surface area contributed by atoms with Crippen molar-refractivity contribution >= 4 is 0 Å². The second kappa shape index (κ2) is 18.7. The van der Waals surface area contributed by atoms with Gasteiger partial charge in [0.2, 0.25) is 0 Å². The Morgan fingerprint density at radius 3 is 1.06 bits per heavy atom. The Kier molecular flexibility index (Phi) is 18.4. The van der Waals surface area contributed by atoms with E-state index in [2.05, 4.69) is 0 Å².